The highest BCUT2D eigenvalue weighted by molar-refractivity contribution is 6.14. The van der Waals surface area contributed by atoms with Gasteiger partial charge < -0.3 is 0 Å². The minimum atomic E-state index is 0.916. The Morgan fingerprint density at radius 1 is 0.152 bits per heavy atom. The highest BCUT2D eigenvalue weighted by Crippen LogP contribution is 2.42. The molecular weight excluding hydrogens is 1360 g/mol. The fourth-order valence-electron chi connectivity index (χ4n) is 16.7. The van der Waals surface area contributed by atoms with Gasteiger partial charge in [0.15, 0.2) is 0 Å². The predicted molar refractivity (Wildman–Crippen MR) is 466 cm³/mol. The first-order valence-electron chi connectivity index (χ1n) is 37.8. The molecule has 0 aliphatic rings. The van der Waals surface area contributed by atoms with Gasteiger partial charge in [-0.1, -0.05) is 255 Å². The van der Waals surface area contributed by atoms with Gasteiger partial charge in [-0.2, -0.15) is 0 Å². The van der Waals surface area contributed by atoms with E-state index in [-0.39, 0.29) is 0 Å². The molecule has 8 heteroatoms. The Kier molecular flexibility index (Phi) is 15.1. The molecule has 0 bridgehead atoms. The van der Waals surface area contributed by atoms with Crippen molar-refractivity contribution >= 4 is 141 Å². The van der Waals surface area contributed by atoms with Crippen molar-refractivity contribution in [3.63, 3.8) is 0 Å². The zero-order chi connectivity index (χ0) is 73.7. The molecule has 8 heterocycles. The van der Waals surface area contributed by atoms with Gasteiger partial charge in [0, 0.05) is 88.9 Å². The Morgan fingerprint density at radius 3 is 0.866 bits per heavy atom. The second-order valence-electron chi connectivity index (χ2n) is 28.9. The van der Waals surface area contributed by atoms with Crippen LogP contribution in [0.25, 0.3) is 231 Å². The van der Waals surface area contributed by atoms with Crippen LogP contribution in [0, 0.1) is 0 Å². The fraction of sp³-hybridized carbons (Fsp3) is 0. The van der Waals surface area contributed by atoms with Gasteiger partial charge in [-0.15, -0.1) is 0 Å². The number of rotatable bonds is 8. The average Bonchev–Trinajstić information content (AvgIpc) is 0.758. The zero-order valence-corrected chi connectivity index (χ0v) is 60.4. The van der Waals surface area contributed by atoms with Crippen LogP contribution in [0.2, 0.25) is 0 Å². The summed E-state index contributed by atoms with van der Waals surface area (Å²) < 4.78 is 0. The lowest BCUT2D eigenvalue weighted by molar-refractivity contribution is 1.37. The van der Waals surface area contributed by atoms with Gasteiger partial charge in [0.05, 0.1) is 78.3 Å². The number of nitrogens with zero attached hydrogens (tertiary/aromatic N) is 8. The van der Waals surface area contributed by atoms with Crippen LogP contribution in [0.5, 0.6) is 0 Å². The lowest BCUT2D eigenvalue weighted by Gasteiger charge is -2.13. The normalized spacial score (nSPS) is 11.8. The first kappa shape index (κ1) is 64.1. The first-order chi connectivity index (χ1) is 55.4. The van der Waals surface area contributed by atoms with Crippen LogP contribution in [0.15, 0.2) is 376 Å². The molecule has 8 nitrogen and oxygen atoms in total. The molecule has 0 aliphatic carbocycles. The molecule has 0 saturated heterocycles. The van der Waals surface area contributed by atoms with Crippen LogP contribution < -0.4 is 0 Å². The molecule has 0 amide bonds. The second-order valence-corrected chi connectivity index (χ2v) is 28.9. The monoisotopic (exact) mass is 1420 g/mol. The van der Waals surface area contributed by atoms with E-state index in [0.29, 0.717) is 0 Å². The molecule has 0 aliphatic heterocycles. The van der Waals surface area contributed by atoms with E-state index in [1.165, 1.54) is 37.9 Å². The van der Waals surface area contributed by atoms with Crippen LogP contribution in [0.3, 0.4) is 0 Å². The van der Waals surface area contributed by atoms with Crippen molar-refractivity contribution in [1.82, 2.24) is 39.9 Å². The lowest BCUT2D eigenvalue weighted by atomic mass is 9.94. The minimum Gasteiger partial charge on any atom is -0.254 e. The topological polar surface area (TPSA) is 103 Å². The van der Waals surface area contributed by atoms with Gasteiger partial charge in [0.1, 0.15) is 0 Å². The van der Waals surface area contributed by atoms with Crippen LogP contribution in [0.4, 0.5) is 0 Å². The molecule has 0 fully saturated rings. The third-order valence-corrected chi connectivity index (χ3v) is 22.3. The molecule has 0 atom stereocenters. The van der Waals surface area contributed by atoms with E-state index in [4.69, 9.17) is 29.9 Å². The first-order valence-corrected chi connectivity index (χ1v) is 37.8. The van der Waals surface area contributed by atoms with Crippen LogP contribution in [-0.2, 0) is 0 Å². The summed E-state index contributed by atoms with van der Waals surface area (Å²) in [5.74, 6) is 0. The van der Waals surface area contributed by atoms with E-state index in [1.807, 2.05) is 24.5 Å². The summed E-state index contributed by atoms with van der Waals surface area (Å²) in [5, 5.41) is 20.7. The number of hydrogen-bond acceptors (Lipinski definition) is 8. The Morgan fingerprint density at radius 2 is 0.438 bits per heavy atom. The van der Waals surface area contributed by atoms with E-state index in [2.05, 4.69) is 362 Å². The number of aromatic nitrogens is 8. The fourth-order valence-corrected chi connectivity index (χ4v) is 16.7. The van der Waals surface area contributed by atoms with Crippen LogP contribution >= 0.6 is 0 Å². The van der Waals surface area contributed by atoms with Crippen molar-refractivity contribution in [3.05, 3.63) is 376 Å². The molecule has 0 radical (unpaired) electrons. The number of pyridine rings is 8. The van der Waals surface area contributed by atoms with Gasteiger partial charge in [-0.3, -0.25) is 9.97 Å². The van der Waals surface area contributed by atoms with Gasteiger partial charge in [0.2, 0.25) is 0 Å². The Balaban J connectivity index is 0.000000138. The Hall–Kier alpha value is -15.1. The summed E-state index contributed by atoms with van der Waals surface area (Å²) in [4.78, 5) is 40.3. The summed E-state index contributed by atoms with van der Waals surface area (Å²) in [6.07, 6.45) is 3.67. The zero-order valence-electron chi connectivity index (χ0n) is 60.4. The number of hydrogen-bond donors (Lipinski definition) is 0. The van der Waals surface area contributed by atoms with Crippen molar-refractivity contribution in [2.45, 2.75) is 0 Å². The maximum Gasteiger partial charge on any atom is 0.0972 e. The standard InChI is InChI=1S/C54H32N4.C50H30N4/c1-3-11-41-37(8-1)32-38-9-2-4-12-42(38)52(41)51-28-21-40-31-36(19-25-48(40)57-51)35-18-24-47-39(30-35)20-27-49(56-47)45-22-23-46(44-14-6-5-13-43(44)45)50-26-17-34-16-15-33-10-7-29-55-53(33)54(34)58-50;1-2-7-34-28-37(14-11-31(34)6-1)45-24-18-38-29-35(16-22-44(38)52-45)36-17-23-46-39(30-36)19-26-47(53-46)42-20-21-43(41-10-4-3-9-40(41)42)48-25-15-33-13-12-32-8-5-27-51-49(32)50(33)54-48/h1-32H;1-30H. The van der Waals surface area contributed by atoms with Gasteiger partial charge in [-0.05, 0) is 185 Å². The summed E-state index contributed by atoms with van der Waals surface area (Å²) in [6.45, 7) is 0. The number of benzene rings is 15. The average molecular weight is 1420 g/mol. The largest absolute Gasteiger partial charge is 0.254 e. The molecular formula is C104H62N8. The maximum atomic E-state index is 5.22. The molecule has 8 aromatic heterocycles. The van der Waals surface area contributed by atoms with E-state index in [1.54, 1.807) is 0 Å². The van der Waals surface area contributed by atoms with Crippen LogP contribution in [0.1, 0.15) is 0 Å². The quantitative estimate of drug-likeness (QED) is 0.109. The van der Waals surface area contributed by atoms with Crippen molar-refractivity contribution in [2.75, 3.05) is 0 Å². The summed E-state index contributed by atoms with van der Waals surface area (Å²) in [5.41, 5.74) is 24.5. The Bertz CT molecular complexity index is 7810. The molecule has 23 rings (SSSR count). The van der Waals surface area contributed by atoms with E-state index in [9.17, 15) is 0 Å². The number of fused-ring (bicyclic) bond motifs is 15. The molecule has 0 spiro atoms. The van der Waals surface area contributed by atoms with E-state index in [0.717, 1.165) is 193 Å². The van der Waals surface area contributed by atoms with Crippen molar-refractivity contribution in [1.29, 1.82) is 0 Å². The van der Waals surface area contributed by atoms with Crippen molar-refractivity contribution in [3.8, 4) is 89.8 Å². The lowest BCUT2D eigenvalue weighted by Crippen LogP contribution is -1.92. The molecule has 0 unspecified atom stereocenters. The third-order valence-electron chi connectivity index (χ3n) is 22.3. The van der Waals surface area contributed by atoms with Gasteiger partial charge in [0.25, 0.3) is 0 Å². The SMILES string of the molecule is c1ccc2c(-c3ccc4cc(-c5ccc6nc(-c7ccc(-c8ccc9ccc%10cccnc%10c9n8)c8ccccc78)ccc6c5)ccc4n3)c3ccccc3cc2c1.c1ccc2cc(-c3ccc4cc(-c5ccc6nc(-c7ccc(-c8ccc9ccc%10cccnc%10c9n8)c8ccccc78)ccc6c5)ccc4n3)ccc2c1. The maximum absolute atomic E-state index is 5.22. The molecule has 112 heavy (non-hydrogen) atoms. The van der Waals surface area contributed by atoms with Crippen molar-refractivity contribution in [2.24, 2.45) is 0 Å². The highest BCUT2D eigenvalue weighted by Gasteiger charge is 2.19. The summed E-state index contributed by atoms with van der Waals surface area (Å²) in [7, 11) is 0. The smallest absolute Gasteiger partial charge is 0.0972 e. The molecule has 23 aromatic rings. The van der Waals surface area contributed by atoms with Crippen molar-refractivity contribution < 1.29 is 0 Å². The Labute approximate surface area is 643 Å². The molecule has 518 valence electrons. The molecule has 15 aromatic carbocycles. The molecule has 0 N–H and O–H groups in total. The van der Waals surface area contributed by atoms with E-state index >= 15 is 0 Å². The van der Waals surface area contributed by atoms with E-state index < -0.39 is 0 Å². The highest BCUT2D eigenvalue weighted by atomic mass is 14.8. The third kappa shape index (κ3) is 11.2. The minimum absolute atomic E-state index is 0.916. The summed E-state index contributed by atoms with van der Waals surface area (Å²) >= 11 is 0. The summed E-state index contributed by atoms with van der Waals surface area (Å²) in [6, 6.07) is 129. The van der Waals surface area contributed by atoms with Gasteiger partial charge in [-0.25, -0.2) is 29.9 Å². The molecule has 0 saturated carbocycles. The second kappa shape index (κ2) is 26.4. The van der Waals surface area contributed by atoms with Gasteiger partial charge >= 0.3 is 0 Å². The predicted octanol–water partition coefficient (Wildman–Crippen LogP) is 26.9. The van der Waals surface area contributed by atoms with Crippen LogP contribution in [-0.4, -0.2) is 39.9 Å².